The van der Waals surface area contributed by atoms with Crippen molar-refractivity contribution in [1.29, 1.82) is 0 Å². The molecule has 0 amide bonds. The highest BCUT2D eigenvalue weighted by Crippen LogP contribution is 2.22. The predicted molar refractivity (Wildman–Crippen MR) is 79.3 cm³/mol. The van der Waals surface area contributed by atoms with E-state index in [0.717, 1.165) is 25.4 Å². The fourth-order valence-corrected chi connectivity index (χ4v) is 3.05. The van der Waals surface area contributed by atoms with Gasteiger partial charge in [-0.3, -0.25) is 15.0 Å². The third-order valence-corrected chi connectivity index (χ3v) is 4.14. The first-order valence-electron chi connectivity index (χ1n) is 7.42. The maximum atomic E-state index is 4.43. The molecule has 4 nitrogen and oxygen atoms in total. The molecule has 1 fully saturated rings. The molecule has 3 rings (SSSR count). The lowest BCUT2D eigenvalue weighted by Crippen LogP contribution is -2.36. The molecule has 1 aliphatic rings. The summed E-state index contributed by atoms with van der Waals surface area (Å²) in [5.74, 6) is 0.728. The Morgan fingerprint density at radius 1 is 1.40 bits per heavy atom. The van der Waals surface area contributed by atoms with Gasteiger partial charge >= 0.3 is 0 Å². The van der Waals surface area contributed by atoms with Gasteiger partial charge in [0.1, 0.15) is 0 Å². The van der Waals surface area contributed by atoms with E-state index < -0.39 is 0 Å². The van der Waals surface area contributed by atoms with E-state index in [1.54, 1.807) is 0 Å². The van der Waals surface area contributed by atoms with E-state index in [1.165, 1.54) is 36.3 Å². The summed E-state index contributed by atoms with van der Waals surface area (Å²) in [6.07, 6.45) is 7.51. The Bertz CT molecular complexity index is 534. The summed E-state index contributed by atoms with van der Waals surface area (Å²) < 4.78 is 0. The van der Waals surface area contributed by atoms with Crippen LogP contribution in [0.3, 0.4) is 0 Å². The molecule has 3 heterocycles. The van der Waals surface area contributed by atoms with E-state index >= 15 is 0 Å². The van der Waals surface area contributed by atoms with Gasteiger partial charge in [0, 0.05) is 25.0 Å². The number of aromatic amines is 1. The largest absolute Gasteiger partial charge is 0.297 e. The van der Waals surface area contributed by atoms with Gasteiger partial charge < -0.3 is 0 Å². The molecule has 1 aliphatic heterocycles. The van der Waals surface area contributed by atoms with Gasteiger partial charge in [-0.2, -0.15) is 5.10 Å². The van der Waals surface area contributed by atoms with Crippen LogP contribution in [-0.2, 0) is 13.0 Å². The maximum Gasteiger partial charge on any atom is 0.0543 e. The maximum absolute atomic E-state index is 4.43. The summed E-state index contributed by atoms with van der Waals surface area (Å²) in [5, 5.41) is 7.26. The molecule has 2 aromatic heterocycles. The van der Waals surface area contributed by atoms with E-state index in [9.17, 15) is 0 Å². The van der Waals surface area contributed by atoms with E-state index in [1.807, 2.05) is 18.5 Å². The number of nitrogens with one attached hydrogen (secondary N) is 1. The van der Waals surface area contributed by atoms with E-state index in [-0.39, 0.29) is 0 Å². The summed E-state index contributed by atoms with van der Waals surface area (Å²) in [7, 11) is 0. The SMILES string of the molecule is Cc1cn[nH]c1C[C@H]1CCCN(Cc2ccccn2)C1. The van der Waals surface area contributed by atoms with Crippen molar-refractivity contribution >= 4 is 0 Å². The van der Waals surface area contributed by atoms with E-state index in [2.05, 4.69) is 39.1 Å². The van der Waals surface area contributed by atoms with E-state index in [0.29, 0.717) is 0 Å². The molecule has 0 spiro atoms. The molecule has 106 valence electrons. The smallest absolute Gasteiger partial charge is 0.0543 e. The zero-order valence-electron chi connectivity index (χ0n) is 12.0. The molecule has 0 unspecified atom stereocenters. The zero-order valence-corrected chi connectivity index (χ0v) is 12.0. The number of H-pyrrole nitrogens is 1. The Balaban J connectivity index is 1.58. The normalized spacial score (nSPS) is 20.1. The number of piperidine rings is 1. The second-order valence-electron chi connectivity index (χ2n) is 5.80. The number of aryl methyl sites for hydroxylation is 1. The van der Waals surface area contributed by atoms with Crippen LogP contribution in [0.4, 0.5) is 0 Å². The van der Waals surface area contributed by atoms with Gasteiger partial charge in [-0.15, -0.1) is 0 Å². The molecule has 0 bridgehead atoms. The number of nitrogens with zero attached hydrogens (tertiary/aromatic N) is 3. The van der Waals surface area contributed by atoms with Crippen LogP contribution in [0.2, 0.25) is 0 Å². The summed E-state index contributed by atoms with van der Waals surface area (Å²) in [6, 6.07) is 6.16. The minimum atomic E-state index is 0.728. The molecule has 0 aromatic carbocycles. The fraction of sp³-hybridized carbons (Fsp3) is 0.500. The molecular formula is C16H22N4. The lowest BCUT2D eigenvalue weighted by atomic mass is 9.92. The third kappa shape index (κ3) is 3.25. The second-order valence-corrected chi connectivity index (χ2v) is 5.80. The number of pyridine rings is 1. The summed E-state index contributed by atoms with van der Waals surface area (Å²) in [5.41, 5.74) is 3.76. The van der Waals surface area contributed by atoms with Gasteiger partial charge in [-0.1, -0.05) is 6.07 Å². The molecule has 1 atom stereocenters. The Morgan fingerprint density at radius 2 is 2.35 bits per heavy atom. The summed E-state index contributed by atoms with van der Waals surface area (Å²) in [4.78, 5) is 6.96. The minimum absolute atomic E-state index is 0.728. The molecule has 4 heteroatoms. The Morgan fingerprint density at radius 3 is 3.10 bits per heavy atom. The number of hydrogen-bond donors (Lipinski definition) is 1. The molecule has 0 radical (unpaired) electrons. The Labute approximate surface area is 120 Å². The molecule has 1 N–H and O–H groups in total. The van der Waals surface area contributed by atoms with Crippen LogP contribution in [0.25, 0.3) is 0 Å². The van der Waals surface area contributed by atoms with Crippen LogP contribution in [0.1, 0.15) is 29.8 Å². The van der Waals surface area contributed by atoms with Crippen molar-refractivity contribution in [2.24, 2.45) is 5.92 Å². The average molecular weight is 270 g/mol. The third-order valence-electron chi connectivity index (χ3n) is 4.14. The number of hydrogen-bond acceptors (Lipinski definition) is 3. The molecule has 20 heavy (non-hydrogen) atoms. The fourth-order valence-electron chi connectivity index (χ4n) is 3.05. The van der Waals surface area contributed by atoms with Crippen molar-refractivity contribution in [2.75, 3.05) is 13.1 Å². The first kappa shape index (κ1) is 13.3. The molecule has 0 aliphatic carbocycles. The van der Waals surface area contributed by atoms with Gasteiger partial charge in [0.25, 0.3) is 0 Å². The van der Waals surface area contributed by atoms with Crippen LogP contribution in [0.15, 0.2) is 30.6 Å². The standard InChI is InChI=1S/C16H22N4/c1-13-10-18-19-16(13)9-14-5-4-8-20(11-14)12-15-6-2-3-7-17-15/h2-3,6-7,10,14H,4-5,8-9,11-12H2,1H3,(H,18,19)/t14-/m1/s1. The van der Waals surface area contributed by atoms with Gasteiger partial charge in [0.05, 0.1) is 11.9 Å². The van der Waals surface area contributed by atoms with Crippen LogP contribution in [0.5, 0.6) is 0 Å². The van der Waals surface area contributed by atoms with Gasteiger partial charge in [-0.05, 0) is 56.3 Å². The minimum Gasteiger partial charge on any atom is -0.297 e. The second kappa shape index (κ2) is 6.18. The molecule has 1 saturated heterocycles. The van der Waals surface area contributed by atoms with Crippen molar-refractivity contribution in [3.05, 3.63) is 47.5 Å². The average Bonchev–Trinajstić information content (AvgIpc) is 2.86. The van der Waals surface area contributed by atoms with Gasteiger partial charge in [0.2, 0.25) is 0 Å². The van der Waals surface area contributed by atoms with Crippen molar-refractivity contribution < 1.29 is 0 Å². The predicted octanol–water partition coefficient (Wildman–Crippen LogP) is 2.57. The van der Waals surface area contributed by atoms with Crippen molar-refractivity contribution in [1.82, 2.24) is 20.1 Å². The van der Waals surface area contributed by atoms with Gasteiger partial charge in [0.15, 0.2) is 0 Å². The first-order valence-corrected chi connectivity index (χ1v) is 7.42. The van der Waals surface area contributed by atoms with Crippen LogP contribution in [-0.4, -0.2) is 33.2 Å². The highest BCUT2D eigenvalue weighted by atomic mass is 15.1. The summed E-state index contributed by atoms with van der Waals surface area (Å²) in [6.45, 7) is 5.46. The van der Waals surface area contributed by atoms with Crippen molar-refractivity contribution in [3.63, 3.8) is 0 Å². The van der Waals surface area contributed by atoms with Crippen molar-refractivity contribution in [2.45, 2.75) is 32.7 Å². The zero-order chi connectivity index (χ0) is 13.8. The number of aromatic nitrogens is 3. The highest BCUT2D eigenvalue weighted by molar-refractivity contribution is 5.14. The molecule has 2 aromatic rings. The summed E-state index contributed by atoms with van der Waals surface area (Å²) >= 11 is 0. The van der Waals surface area contributed by atoms with E-state index in [4.69, 9.17) is 0 Å². The highest BCUT2D eigenvalue weighted by Gasteiger charge is 2.21. The first-order chi connectivity index (χ1) is 9.81. The Hall–Kier alpha value is -1.68. The van der Waals surface area contributed by atoms with Crippen LogP contribution < -0.4 is 0 Å². The van der Waals surface area contributed by atoms with Crippen LogP contribution in [0, 0.1) is 12.8 Å². The van der Waals surface area contributed by atoms with Crippen molar-refractivity contribution in [3.8, 4) is 0 Å². The number of rotatable bonds is 4. The van der Waals surface area contributed by atoms with Gasteiger partial charge in [-0.25, -0.2) is 0 Å². The molecule has 0 saturated carbocycles. The molecular weight excluding hydrogens is 248 g/mol. The topological polar surface area (TPSA) is 44.8 Å². The van der Waals surface area contributed by atoms with Crippen LogP contribution >= 0.6 is 0 Å². The monoisotopic (exact) mass is 270 g/mol. The Kier molecular flexibility index (Phi) is 4.11. The lowest BCUT2D eigenvalue weighted by Gasteiger charge is -2.32. The number of likely N-dealkylation sites (tertiary alicyclic amines) is 1. The lowest BCUT2D eigenvalue weighted by molar-refractivity contribution is 0.164. The quantitative estimate of drug-likeness (QED) is 0.928.